The summed E-state index contributed by atoms with van der Waals surface area (Å²) in [6, 6.07) is 6.02. The van der Waals surface area contributed by atoms with Gasteiger partial charge in [-0.2, -0.15) is 4.98 Å². The van der Waals surface area contributed by atoms with Crippen LogP contribution in [0.1, 0.15) is 46.8 Å². The second kappa shape index (κ2) is 8.86. The minimum absolute atomic E-state index is 0.0360. The number of rotatable bonds is 5. The van der Waals surface area contributed by atoms with Crippen LogP contribution in [0.5, 0.6) is 0 Å². The van der Waals surface area contributed by atoms with Crippen LogP contribution >= 0.6 is 11.3 Å². The van der Waals surface area contributed by atoms with E-state index in [0.29, 0.717) is 35.3 Å². The number of thiophene rings is 1. The van der Waals surface area contributed by atoms with Gasteiger partial charge in [0.1, 0.15) is 27.7 Å². The van der Waals surface area contributed by atoms with Crippen LogP contribution in [0.25, 0.3) is 21.6 Å². The summed E-state index contributed by atoms with van der Waals surface area (Å²) in [5.41, 5.74) is 1.54. The van der Waals surface area contributed by atoms with Gasteiger partial charge >= 0.3 is 5.97 Å². The van der Waals surface area contributed by atoms with Crippen molar-refractivity contribution in [2.24, 2.45) is 0 Å². The molecule has 33 heavy (non-hydrogen) atoms. The van der Waals surface area contributed by atoms with E-state index in [4.69, 9.17) is 9.26 Å². The smallest absolute Gasteiger partial charge is 0.348 e. The number of halogens is 1. The summed E-state index contributed by atoms with van der Waals surface area (Å²) in [6.45, 7) is 5.50. The van der Waals surface area contributed by atoms with Crippen molar-refractivity contribution >= 4 is 33.3 Å². The molecule has 3 aromatic heterocycles. The number of esters is 1. The van der Waals surface area contributed by atoms with Gasteiger partial charge in [-0.15, -0.1) is 11.3 Å². The summed E-state index contributed by atoms with van der Waals surface area (Å²) in [5.74, 6) is 1.19. The lowest BCUT2D eigenvalue weighted by molar-refractivity contribution is 0.0531. The summed E-state index contributed by atoms with van der Waals surface area (Å²) >= 11 is 1.33. The first-order valence-electron chi connectivity index (χ1n) is 10.8. The van der Waals surface area contributed by atoms with E-state index in [9.17, 15) is 9.18 Å². The number of fused-ring (bicyclic) bond motifs is 1. The number of hydrogen-bond acceptors (Lipinski definition) is 9. The Morgan fingerprint density at radius 1 is 1.30 bits per heavy atom. The van der Waals surface area contributed by atoms with E-state index in [1.165, 1.54) is 29.8 Å². The van der Waals surface area contributed by atoms with Gasteiger partial charge in [-0.3, -0.25) is 0 Å². The van der Waals surface area contributed by atoms with Crippen molar-refractivity contribution in [3.05, 3.63) is 52.7 Å². The molecule has 0 N–H and O–H groups in total. The Morgan fingerprint density at radius 2 is 2.12 bits per heavy atom. The largest absolute Gasteiger partial charge is 0.462 e. The molecule has 4 aromatic rings. The number of hydrogen-bond donors (Lipinski definition) is 0. The normalized spacial score (nSPS) is 16.3. The zero-order chi connectivity index (χ0) is 22.9. The topological polar surface area (TPSA) is 94.2 Å². The van der Waals surface area contributed by atoms with Crippen LogP contribution in [0.15, 0.2) is 35.1 Å². The van der Waals surface area contributed by atoms with Gasteiger partial charge in [0, 0.05) is 18.7 Å². The molecule has 1 aromatic carbocycles. The first-order valence-corrected chi connectivity index (χ1v) is 11.6. The van der Waals surface area contributed by atoms with E-state index >= 15 is 0 Å². The molecule has 170 valence electrons. The fourth-order valence-corrected chi connectivity index (χ4v) is 5.21. The van der Waals surface area contributed by atoms with Crippen LogP contribution in [0.4, 0.5) is 10.2 Å². The van der Waals surface area contributed by atoms with E-state index in [-0.39, 0.29) is 17.7 Å². The molecular weight excluding hydrogens is 445 g/mol. The van der Waals surface area contributed by atoms with Crippen molar-refractivity contribution in [2.75, 3.05) is 24.6 Å². The maximum atomic E-state index is 13.2. The van der Waals surface area contributed by atoms with Gasteiger partial charge in [0.2, 0.25) is 11.7 Å². The van der Waals surface area contributed by atoms with Crippen LogP contribution in [-0.2, 0) is 4.74 Å². The molecule has 1 aliphatic rings. The Labute approximate surface area is 193 Å². The quantitative estimate of drug-likeness (QED) is 0.388. The van der Waals surface area contributed by atoms with Gasteiger partial charge in [-0.25, -0.2) is 19.2 Å². The van der Waals surface area contributed by atoms with Crippen molar-refractivity contribution in [2.45, 2.75) is 32.6 Å². The predicted molar refractivity (Wildman–Crippen MR) is 122 cm³/mol. The van der Waals surface area contributed by atoms with Crippen LogP contribution in [0.2, 0.25) is 0 Å². The molecule has 1 aliphatic heterocycles. The van der Waals surface area contributed by atoms with Crippen molar-refractivity contribution < 1.29 is 18.4 Å². The Kier molecular flexibility index (Phi) is 5.76. The number of nitrogens with zero attached hydrogens (tertiary/aromatic N) is 5. The molecule has 1 fully saturated rings. The van der Waals surface area contributed by atoms with E-state index in [1.807, 2.05) is 6.92 Å². The lowest BCUT2D eigenvalue weighted by Gasteiger charge is -2.32. The highest BCUT2D eigenvalue weighted by atomic mass is 32.1. The Balaban J connectivity index is 1.42. The van der Waals surface area contributed by atoms with Gasteiger partial charge in [-0.1, -0.05) is 5.16 Å². The van der Waals surface area contributed by atoms with Gasteiger partial charge in [-0.05, 0) is 56.5 Å². The molecule has 0 radical (unpaired) electrons. The first kappa shape index (κ1) is 21.4. The summed E-state index contributed by atoms with van der Waals surface area (Å²) in [7, 11) is 0. The van der Waals surface area contributed by atoms with Crippen molar-refractivity contribution in [1.29, 1.82) is 0 Å². The SMILES string of the molecule is CCOC(=O)c1sc2ncnc(N3CCCC(c4nc(-c5ccc(F)cc5)no4)C3)c2c1C. The molecule has 10 heteroatoms. The van der Waals surface area contributed by atoms with E-state index in [2.05, 4.69) is 25.0 Å². The summed E-state index contributed by atoms with van der Waals surface area (Å²) in [6.07, 6.45) is 3.37. The zero-order valence-corrected chi connectivity index (χ0v) is 19.1. The number of carbonyl (C=O) groups excluding carboxylic acids is 1. The second-order valence-electron chi connectivity index (χ2n) is 7.90. The third kappa shape index (κ3) is 4.06. The van der Waals surface area contributed by atoms with Crippen molar-refractivity contribution in [1.82, 2.24) is 20.1 Å². The highest BCUT2D eigenvalue weighted by Crippen LogP contribution is 2.38. The monoisotopic (exact) mass is 467 g/mol. The number of carbonyl (C=O) groups is 1. The number of piperidine rings is 1. The molecule has 0 aliphatic carbocycles. The van der Waals surface area contributed by atoms with E-state index < -0.39 is 0 Å². The van der Waals surface area contributed by atoms with Gasteiger partial charge in [0.15, 0.2) is 0 Å². The first-order chi connectivity index (χ1) is 16.0. The molecular formula is C23H22FN5O3S. The highest BCUT2D eigenvalue weighted by molar-refractivity contribution is 7.20. The molecule has 0 amide bonds. The minimum Gasteiger partial charge on any atom is -0.462 e. The second-order valence-corrected chi connectivity index (χ2v) is 8.90. The molecule has 1 saturated heterocycles. The Morgan fingerprint density at radius 3 is 2.91 bits per heavy atom. The molecule has 0 saturated carbocycles. The average Bonchev–Trinajstić information content (AvgIpc) is 3.45. The van der Waals surface area contributed by atoms with Crippen LogP contribution < -0.4 is 4.90 Å². The van der Waals surface area contributed by atoms with Crippen molar-refractivity contribution in [3.63, 3.8) is 0 Å². The van der Waals surface area contributed by atoms with Gasteiger partial charge < -0.3 is 14.2 Å². The Bertz CT molecular complexity index is 1300. The minimum atomic E-state index is -0.334. The number of benzene rings is 1. The number of anilines is 1. The third-order valence-electron chi connectivity index (χ3n) is 5.78. The molecule has 5 rings (SSSR count). The molecule has 1 atom stereocenters. The molecule has 4 heterocycles. The van der Waals surface area contributed by atoms with Crippen molar-refractivity contribution in [3.8, 4) is 11.4 Å². The standard InChI is InChI=1S/C23H22FN5O3S/c1-3-31-23(30)18-13(2)17-20(25-12-26-22(17)33-18)29-10-4-5-15(11-29)21-27-19(28-32-21)14-6-8-16(24)9-7-14/h6-9,12,15H,3-5,10-11H2,1-2H3. The van der Waals surface area contributed by atoms with E-state index in [0.717, 1.165) is 41.0 Å². The molecule has 0 spiro atoms. The van der Waals surface area contributed by atoms with Crippen LogP contribution in [0, 0.1) is 12.7 Å². The maximum Gasteiger partial charge on any atom is 0.348 e. The third-order valence-corrected chi connectivity index (χ3v) is 6.96. The lowest BCUT2D eigenvalue weighted by atomic mass is 9.97. The summed E-state index contributed by atoms with van der Waals surface area (Å²) < 4.78 is 24.0. The maximum absolute atomic E-state index is 13.2. The number of ether oxygens (including phenoxy) is 1. The fraction of sp³-hybridized carbons (Fsp3) is 0.348. The highest BCUT2D eigenvalue weighted by Gasteiger charge is 2.29. The Hall–Kier alpha value is -3.40. The van der Waals surface area contributed by atoms with Crippen LogP contribution in [0.3, 0.4) is 0 Å². The summed E-state index contributed by atoms with van der Waals surface area (Å²) in [4.78, 5) is 29.4. The van der Waals surface area contributed by atoms with E-state index in [1.54, 1.807) is 19.1 Å². The number of aromatic nitrogens is 4. The number of aryl methyl sites for hydroxylation is 1. The van der Waals surface area contributed by atoms with Gasteiger partial charge in [0.05, 0.1) is 17.9 Å². The zero-order valence-electron chi connectivity index (χ0n) is 18.2. The predicted octanol–water partition coefficient (Wildman–Crippen LogP) is 4.75. The fourth-order valence-electron chi connectivity index (χ4n) is 4.17. The average molecular weight is 468 g/mol. The lowest BCUT2D eigenvalue weighted by Crippen LogP contribution is -2.35. The summed E-state index contributed by atoms with van der Waals surface area (Å²) in [5, 5.41) is 4.97. The van der Waals surface area contributed by atoms with Crippen LogP contribution in [-0.4, -0.2) is 45.8 Å². The van der Waals surface area contributed by atoms with Gasteiger partial charge in [0.25, 0.3) is 0 Å². The molecule has 8 nitrogen and oxygen atoms in total. The molecule has 1 unspecified atom stereocenters. The molecule has 0 bridgehead atoms.